The van der Waals surface area contributed by atoms with Crippen LogP contribution in [-0.4, -0.2) is 6.61 Å². The van der Waals surface area contributed by atoms with Crippen molar-refractivity contribution in [1.29, 1.82) is 0 Å². The zero-order valence-electron chi connectivity index (χ0n) is 13.4. The van der Waals surface area contributed by atoms with Crippen LogP contribution in [0.15, 0.2) is 36.7 Å². The van der Waals surface area contributed by atoms with E-state index < -0.39 is 0 Å². The second-order valence-electron chi connectivity index (χ2n) is 6.10. The van der Waals surface area contributed by atoms with Gasteiger partial charge in [0.15, 0.2) is 5.88 Å². The molecule has 22 heavy (non-hydrogen) atoms. The van der Waals surface area contributed by atoms with E-state index in [1.165, 1.54) is 37.7 Å². The predicted molar refractivity (Wildman–Crippen MR) is 99.2 cm³/mol. The summed E-state index contributed by atoms with van der Waals surface area (Å²) in [6.45, 7) is 6.99. The summed E-state index contributed by atoms with van der Waals surface area (Å²) in [5.41, 5.74) is 2.46. The highest BCUT2D eigenvalue weighted by Gasteiger charge is 2.13. The molecule has 1 aromatic rings. The van der Waals surface area contributed by atoms with Crippen LogP contribution < -0.4 is 5.32 Å². The van der Waals surface area contributed by atoms with Gasteiger partial charge in [0, 0.05) is 7.11 Å². The fourth-order valence-corrected chi connectivity index (χ4v) is 3.14. The molecule has 0 radical (unpaired) electrons. The molecular weight excluding hydrogens is 270 g/mol. The van der Waals surface area contributed by atoms with Gasteiger partial charge in [-0.1, -0.05) is 71.1 Å². The summed E-state index contributed by atoms with van der Waals surface area (Å²) in [6.07, 6.45) is 10.4. The van der Waals surface area contributed by atoms with E-state index in [4.69, 9.17) is 4.74 Å². The first-order valence-corrected chi connectivity index (χ1v) is 8.46. The van der Waals surface area contributed by atoms with Crippen LogP contribution in [0.3, 0.4) is 0 Å². The molecule has 0 heterocycles. The summed E-state index contributed by atoms with van der Waals surface area (Å²) >= 11 is 0. The van der Waals surface area contributed by atoms with Crippen molar-refractivity contribution in [2.45, 2.75) is 65.7 Å². The fraction of sp³-hybridized carbons (Fsp3) is 0.600. The summed E-state index contributed by atoms with van der Waals surface area (Å²) in [4.78, 5) is 0. The van der Waals surface area contributed by atoms with Crippen molar-refractivity contribution in [3.63, 3.8) is 0 Å². The molecule has 2 heteroatoms. The number of rotatable bonds is 8. The maximum absolute atomic E-state index is 5.78. The normalized spacial score (nSPS) is 15.0. The lowest BCUT2D eigenvalue weighted by atomic mass is 9.87. The lowest BCUT2D eigenvalue weighted by Gasteiger charge is -2.22. The van der Waals surface area contributed by atoms with Crippen molar-refractivity contribution in [2.75, 3.05) is 11.9 Å². The van der Waals surface area contributed by atoms with Crippen molar-refractivity contribution in [3.8, 4) is 0 Å². The van der Waals surface area contributed by atoms with E-state index >= 15 is 0 Å². The largest absolute Gasteiger partial charge is 0.479 e. The van der Waals surface area contributed by atoms with Crippen LogP contribution in [0.4, 0.5) is 5.69 Å². The van der Waals surface area contributed by atoms with Crippen LogP contribution in [0, 0.1) is 5.92 Å². The molecule has 2 rings (SSSR count). The second-order valence-corrected chi connectivity index (χ2v) is 6.10. The number of ether oxygens (including phenoxy) is 1. The molecule has 1 aliphatic carbocycles. The van der Waals surface area contributed by atoms with Crippen molar-refractivity contribution < 1.29 is 6.16 Å². The van der Waals surface area contributed by atoms with Crippen LogP contribution in [0.1, 0.15) is 66.3 Å². The Kier molecular flexibility index (Phi) is 8.72. The Labute approximate surface area is 138 Å². The molecule has 0 bridgehead atoms. The molecule has 1 saturated carbocycles. The lowest BCUT2D eigenvalue weighted by molar-refractivity contribution is 0.181. The molecule has 1 N–H and O–H groups in total. The summed E-state index contributed by atoms with van der Waals surface area (Å²) in [5.74, 6) is 1.54. The van der Waals surface area contributed by atoms with Crippen LogP contribution in [0.25, 0.3) is 0 Å². The first-order valence-electron chi connectivity index (χ1n) is 8.46. The molecule has 1 aromatic carbocycles. The average molecular weight is 306 g/mol. The maximum Gasteiger partial charge on any atom is 0.183 e. The van der Waals surface area contributed by atoms with E-state index in [1.54, 1.807) is 0 Å². The van der Waals surface area contributed by atoms with E-state index in [0.29, 0.717) is 5.88 Å². The number of aryl methyl sites for hydroxylation is 1. The van der Waals surface area contributed by atoms with Gasteiger partial charge >= 0.3 is 0 Å². The number of anilines is 1. The van der Waals surface area contributed by atoms with E-state index in [1.807, 2.05) is 0 Å². The van der Waals surface area contributed by atoms with Crippen molar-refractivity contribution >= 4 is 5.69 Å². The van der Waals surface area contributed by atoms with Crippen LogP contribution in [0.2, 0.25) is 0 Å². The molecule has 2 nitrogen and oxygen atoms in total. The van der Waals surface area contributed by atoms with Gasteiger partial charge in [-0.2, -0.15) is 0 Å². The minimum Gasteiger partial charge on any atom is -0.479 e. The fourth-order valence-electron chi connectivity index (χ4n) is 3.14. The third-order valence-electron chi connectivity index (χ3n) is 4.34. The van der Waals surface area contributed by atoms with Crippen LogP contribution in [0.5, 0.6) is 0 Å². The summed E-state index contributed by atoms with van der Waals surface area (Å²) in [5, 5.41) is 3.32. The third kappa shape index (κ3) is 6.13. The van der Waals surface area contributed by atoms with Crippen molar-refractivity contribution in [3.05, 3.63) is 42.3 Å². The maximum atomic E-state index is 5.78. The SMILES string of the molecule is C.C=C(Nc1ccccc1CCC)OCCC1CCCCC1.[HH]. The second kappa shape index (κ2) is 10.3. The minimum atomic E-state index is 0. The number of hydrogen-bond acceptors (Lipinski definition) is 2. The molecular formula is C20H35NO. The monoisotopic (exact) mass is 305 g/mol. The van der Waals surface area contributed by atoms with Crippen LogP contribution >= 0.6 is 0 Å². The number of nitrogens with one attached hydrogen (secondary N) is 1. The van der Waals surface area contributed by atoms with Gasteiger partial charge in [-0.25, -0.2) is 0 Å². The van der Waals surface area contributed by atoms with E-state index in [2.05, 4.69) is 43.1 Å². The topological polar surface area (TPSA) is 21.3 Å². The average Bonchev–Trinajstić information content (AvgIpc) is 2.50. The summed E-state index contributed by atoms with van der Waals surface area (Å²) in [6, 6.07) is 8.40. The Morgan fingerprint density at radius 2 is 2.00 bits per heavy atom. The standard InChI is InChI=1S/C19H29NO.CH4.H2/c1-3-9-18-12-7-8-13-19(18)20-16(2)21-15-14-17-10-5-4-6-11-17;;/h7-8,12-13,17,20H,2-6,9-11,14-15H2,1H3;1H4;1H. The highest BCUT2D eigenvalue weighted by molar-refractivity contribution is 5.53. The number of benzene rings is 1. The van der Waals surface area contributed by atoms with Gasteiger partial charge in [0.25, 0.3) is 0 Å². The van der Waals surface area contributed by atoms with Gasteiger partial charge in [-0.15, -0.1) is 0 Å². The van der Waals surface area contributed by atoms with Crippen molar-refractivity contribution in [2.24, 2.45) is 5.92 Å². The molecule has 0 amide bonds. The van der Waals surface area contributed by atoms with Gasteiger partial charge < -0.3 is 10.1 Å². The van der Waals surface area contributed by atoms with Gasteiger partial charge in [-0.3, -0.25) is 0 Å². The molecule has 0 aliphatic heterocycles. The smallest absolute Gasteiger partial charge is 0.183 e. The van der Waals surface area contributed by atoms with Gasteiger partial charge in [0.1, 0.15) is 0 Å². The highest BCUT2D eigenvalue weighted by atomic mass is 16.5. The lowest BCUT2D eigenvalue weighted by Crippen LogP contribution is -2.11. The molecule has 0 aromatic heterocycles. The molecule has 1 aliphatic rings. The molecule has 126 valence electrons. The minimum absolute atomic E-state index is 0. The summed E-state index contributed by atoms with van der Waals surface area (Å²) < 4.78 is 5.78. The Hall–Kier alpha value is -1.44. The predicted octanol–water partition coefficient (Wildman–Crippen LogP) is 6.39. The zero-order chi connectivity index (χ0) is 14.9. The quantitative estimate of drug-likeness (QED) is 0.562. The van der Waals surface area contributed by atoms with Crippen molar-refractivity contribution in [1.82, 2.24) is 0 Å². The molecule has 0 spiro atoms. The summed E-state index contributed by atoms with van der Waals surface area (Å²) in [7, 11) is 0. The van der Waals surface area contributed by atoms with Gasteiger partial charge in [0.05, 0.1) is 6.61 Å². The first kappa shape index (κ1) is 18.6. The molecule has 0 unspecified atom stereocenters. The van der Waals surface area contributed by atoms with Gasteiger partial charge in [-0.05, 0) is 37.0 Å². The third-order valence-corrected chi connectivity index (χ3v) is 4.34. The molecule has 0 saturated heterocycles. The Bertz CT molecular complexity index is 441. The Morgan fingerprint density at radius 1 is 1.27 bits per heavy atom. The highest BCUT2D eigenvalue weighted by Crippen LogP contribution is 2.26. The van der Waals surface area contributed by atoms with Gasteiger partial charge in [0.2, 0.25) is 0 Å². The first-order chi connectivity index (χ1) is 10.3. The number of para-hydroxylation sites is 1. The Balaban J connectivity index is 0.00000242. The Morgan fingerprint density at radius 3 is 2.73 bits per heavy atom. The van der Waals surface area contributed by atoms with E-state index in [0.717, 1.165) is 37.5 Å². The van der Waals surface area contributed by atoms with Crippen LogP contribution in [-0.2, 0) is 11.2 Å². The molecule has 0 atom stereocenters. The zero-order valence-corrected chi connectivity index (χ0v) is 13.4. The number of hydrogen-bond donors (Lipinski definition) is 1. The van der Waals surface area contributed by atoms with E-state index in [9.17, 15) is 0 Å². The molecule has 1 fully saturated rings. The van der Waals surface area contributed by atoms with E-state index in [-0.39, 0.29) is 8.85 Å².